The van der Waals surface area contributed by atoms with E-state index in [1.807, 2.05) is 6.92 Å². The van der Waals surface area contributed by atoms with Crippen molar-refractivity contribution >= 4 is 48.7 Å². The van der Waals surface area contributed by atoms with E-state index in [2.05, 4.69) is 15.0 Å². The molecule has 0 unspecified atom stereocenters. The first-order chi connectivity index (χ1) is 13.8. The van der Waals surface area contributed by atoms with Gasteiger partial charge in [-0.25, -0.2) is 18.2 Å². The van der Waals surface area contributed by atoms with Crippen LogP contribution >= 0.6 is 11.3 Å². The number of aromatic nitrogens is 2. The summed E-state index contributed by atoms with van der Waals surface area (Å²) >= 11 is 1.21. The van der Waals surface area contributed by atoms with Crippen molar-refractivity contribution in [1.82, 2.24) is 9.38 Å². The summed E-state index contributed by atoms with van der Waals surface area (Å²) in [5.74, 6) is 0. The van der Waals surface area contributed by atoms with Crippen molar-refractivity contribution < 1.29 is 12.8 Å². The Bertz CT molecular complexity index is 1470. The molecule has 4 rings (SSSR count). The summed E-state index contributed by atoms with van der Waals surface area (Å²) in [7, 11) is -4.42. The van der Waals surface area contributed by atoms with E-state index in [1.165, 1.54) is 24.5 Å². The summed E-state index contributed by atoms with van der Waals surface area (Å²) in [6, 6.07) is 6.76. The SMILES string of the molecule is CCNc1c(NS(=O)(=O)c2c(C)nc3sccn3c2=O)c(=O)oc2ccccc12. The van der Waals surface area contributed by atoms with Gasteiger partial charge in [0.1, 0.15) is 5.58 Å². The van der Waals surface area contributed by atoms with E-state index in [1.54, 1.807) is 29.6 Å². The zero-order valence-corrected chi connectivity index (χ0v) is 17.1. The van der Waals surface area contributed by atoms with E-state index < -0.39 is 26.1 Å². The molecule has 0 saturated carbocycles. The Kier molecular flexibility index (Phi) is 4.63. The van der Waals surface area contributed by atoms with Gasteiger partial charge in [-0.2, -0.15) is 0 Å². The highest BCUT2D eigenvalue weighted by Gasteiger charge is 2.27. The lowest BCUT2D eigenvalue weighted by Gasteiger charge is -2.14. The molecule has 0 radical (unpaired) electrons. The summed E-state index contributed by atoms with van der Waals surface area (Å²) in [6.45, 7) is 3.68. The first-order valence-electron chi connectivity index (χ1n) is 8.62. The molecule has 3 aromatic heterocycles. The van der Waals surface area contributed by atoms with Crippen molar-refractivity contribution in [2.75, 3.05) is 16.6 Å². The van der Waals surface area contributed by atoms with Gasteiger partial charge in [0.2, 0.25) is 0 Å². The number of benzene rings is 1. The van der Waals surface area contributed by atoms with E-state index >= 15 is 0 Å². The minimum atomic E-state index is -4.42. The van der Waals surface area contributed by atoms with Crippen LogP contribution in [0.2, 0.25) is 0 Å². The van der Waals surface area contributed by atoms with Gasteiger partial charge >= 0.3 is 5.63 Å². The van der Waals surface area contributed by atoms with E-state index in [4.69, 9.17) is 4.42 Å². The molecule has 0 aliphatic carbocycles. The average molecular weight is 432 g/mol. The predicted octanol–water partition coefficient (Wildman–Crippen LogP) is 2.40. The Hall–Kier alpha value is -3.18. The van der Waals surface area contributed by atoms with E-state index in [0.29, 0.717) is 22.5 Å². The van der Waals surface area contributed by atoms with Gasteiger partial charge < -0.3 is 9.73 Å². The fourth-order valence-electron chi connectivity index (χ4n) is 3.06. The van der Waals surface area contributed by atoms with Gasteiger partial charge in [-0.05, 0) is 26.0 Å². The molecule has 0 aliphatic heterocycles. The predicted molar refractivity (Wildman–Crippen MR) is 112 cm³/mol. The van der Waals surface area contributed by atoms with Crippen molar-refractivity contribution in [2.45, 2.75) is 18.7 Å². The van der Waals surface area contributed by atoms with E-state index in [-0.39, 0.29) is 17.1 Å². The largest absolute Gasteiger partial charge is 0.421 e. The Morgan fingerprint density at radius 2 is 1.97 bits per heavy atom. The molecule has 11 heteroatoms. The van der Waals surface area contributed by atoms with Gasteiger partial charge in [-0.1, -0.05) is 12.1 Å². The summed E-state index contributed by atoms with van der Waals surface area (Å²) < 4.78 is 34.8. The highest BCUT2D eigenvalue weighted by molar-refractivity contribution is 7.92. The Morgan fingerprint density at radius 1 is 1.21 bits per heavy atom. The summed E-state index contributed by atoms with van der Waals surface area (Å²) in [6.07, 6.45) is 1.45. The number of nitrogens with one attached hydrogen (secondary N) is 2. The molecular formula is C18H16N4O5S2. The number of para-hydroxylation sites is 1. The lowest BCUT2D eigenvalue weighted by molar-refractivity contribution is 0.563. The van der Waals surface area contributed by atoms with Crippen molar-refractivity contribution in [1.29, 1.82) is 0 Å². The van der Waals surface area contributed by atoms with Crippen molar-refractivity contribution in [3.63, 3.8) is 0 Å². The quantitative estimate of drug-likeness (QED) is 0.464. The number of anilines is 2. The second-order valence-corrected chi connectivity index (χ2v) is 8.65. The molecule has 4 aromatic rings. The molecule has 0 fully saturated rings. The van der Waals surface area contributed by atoms with E-state index in [0.717, 1.165) is 4.40 Å². The maximum Gasteiger partial charge on any atom is 0.363 e. The zero-order chi connectivity index (χ0) is 20.8. The zero-order valence-electron chi connectivity index (χ0n) is 15.4. The normalized spacial score (nSPS) is 11.8. The van der Waals surface area contributed by atoms with Crippen LogP contribution in [0.25, 0.3) is 15.9 Å². The highest BCUT2D eigenvalue weighted by Crippen LogP contribution is 2.30. The van der Waals surface area contributed by atoms with Crippen molar-refractivity contribution in [3.05, 3.63) is 62.3 Å². The monoisotopic (exact) mass is 432 g/mol. The number of sulfonamides is 1. The van der Waals surface area contributed by atoms with Crippen molar-refractivity contribution in [3.8, 4) is 0 Å². The van der Waals surface area contributed by atoms with Crippen LogP contribution < -0.4 is 21.2 Å². The second kappa shape index (κ2) is 7.01. The number of rotatable bonds is 5. The van der Waals surface area contributed by atoms with Crippen LogP contribution in [0, 0.1) is 6.92 Å². The number of fused-ring (bicyclic) bond motifs is 2. The molecule has 0 atom stereocenters. The van der Waals surface area contributed by atoms with Crippen molar-refractivity contribution in [2.24, 2.45) is 0 Å². The van der Waals surface area contributed by atoms with Crippen LogP contribution in [-0.2, 0) is 10.0 Å². The first kappa shape index (κ1) is 19.2. The molecule has 3 heterocycles. The maximum atomic E-state index is 13.1. The molecule has 9 nitrogen and oxygen atoms in total. The second-order valence-electron chi connectivity index (χ2n) is 6.16. The third kappa shape index (κ3) is 3.17. The van der Waals surface area contributed by atoms with Crippen LogP contribution in [0.4, 0.5) is 11.4 Å². The van der Waals surface area contributed by atoms with Crippen LogP contribution in [0.5, 0.6) is 0 Å². The highest BCUT2D eigenvalue weighted by atomic mass is 32.2. The number of hydrogen-bond donors (Lipinski definition) is 2. The van der Waals surface area contributed by atoms with Crippen LogP contribution in [-0.4, -0.2) is 24.3 Å². The average Bonchev–Trinajstić information content (AvgIpc) is 3.13. The molecule has 2 N–H and O–H groups in total. The first-order valence-corrected chi connectivity index (χ1v) is 11.0. The van der Waals surface area contributed by atoms with Gasteiger partial charge in [0, 0.05) is 23.5 Å². The number of nitrogens with zero attached hydrogens (tertiary/aromatic N) is 2. The van der Waals surface area contributed by atoms with Crippen LogP contribution in [0.3, 0.4) is 0 Å². The molecule has 1 aromatic carbocycles. The van der Waals surface area contributed by atoms with Gasteiger partial charge in [0.05, 0.1) is 11.4 Å². The Balaban J connectivity index is 1.93. The van der Waals surface area contributed by atoms with Gasteiger partial charge in [0.15, 0.2) is 15.5 Å². The Morgan fingerprint density at radius 3 is 2.72 bits per heavy atom. The van der Waals surface area contributed by atoms with Gasteiger partial charge in [-0.3, -0.25) is 13.9 Å². The molecule has 150 valence electrons. The third-order valence-corrected chi connectivity index (χ3v) is 6.50. The topological polar surface area (TPSA) is 123 Å². The molecular weight excluding hydrogens is 416 g/mol. The molecule has 0 amide bonds. The number of aryl methyl sites for hydroxylation is 1. The smallest absolute Gasteiger partial charge is 0.363 e. The van der Waals surface area contributed by atoms with Crippen LogP contribution in [0.15, 0.2) is 54.7 Å². The fourth-order valence-corrected chi connectivity index (χ4v) is 5.13. The maximum absolute atomic E-state index is 13.1. The molecule has 0 spiro atoms. The Labute approximate surface area is 168 Å². The summed E-state index contributed by atoms with van der Waals surface area (Å²) in [4.78, 5) is 29.3. The minimum Gasteiger partial charge on any atom is -0.421 e. The van der Waals surface area contributed by atoms with Gasteiger partial charge in [-0.15, -0.1) is 11.3 Å². The fraction of sp³-hybridized carbons (Fsp3) is 0.167. The molecule has 0 bridgehead atoms. The standard InChI is InChI=1S/C18H16N4O5S2/c1-3-19-13-11-6-4-5-7-12(11)27-17(24)14(13)21-29(25,26)15-10(2)20-18-22(16(15)23)8-9-28-18/h4-9,19,21H,3H2,1-2H3. The van der Waals surface area contributed by atoms with Crippen LogP contribution in [0.1, 0.15) is 12.6 Å². The minimum absolute atomic E-state index is 0.0418. The molecule has 29 heavy (non-hydrogen) atoms. The summed E-state index contributed by atoms with van der Waals surface area (Å²) in [5.41, 5.74) is -1.26. The third-order valence-electron chi connectivity index (χ3n) is 4.27. The van der Waals surface area contributed by atoms with Gasteiger partial charge in [0.25, 0.3) is 15.6 Å². The summed E-state index contributed by atoms with van der Waals surface area (Å²) in [5, 5.41) is 5.17. The lowest BCUT2D eigenvalue weighted by Crippen LogP contribution is -2.29. The molecule has 0 aliphatic rings. The van der Waals surface area contributed by atoms with E-state index in [9.17, 15) is 18.0 Å². The number of hydrogen-bond acceptors (Lipinski definition) is 8. The lowest BCUT2D eigenvalue weighted by atomic mass is 10.2. The number of thiazole rings is 1. The molecule has 0 saturated heterocycles.